The molecule has 0 aliphatic carbocycles. The quantitative estimate of drug-likeness (QED) is 0.296. The lowest BCUT2D eigenvalue weighted by Gasteiger charge is -2.20. The Kier molecular flexibility index (Phi) is 9.09. The van der Waals surface area contributed by atoms with Crippen LogP contribution in [-0.2, 0) is 22.4 Å². The van der Waals surface area contributed by atoms with Gasteiger partial charge in [-0.2, -0.15) is 10.4 Å². The monoisotopic (exact) mass is 554 g/mol. The van der Waals surface area contributed by atoms with Gasteiger partial charge in [0.1, 0.15) is 34.6 Å². The molecule has 40 heavy (non-hydrogen) atoms. The van der Waals surface area contributed by atoms with Gasteiger partial charge < -0.3 is 9.26 Å². The van der Waals surface area contributed by atoms with E-state index in [1.807, 2.05) is 13.0 Å². The Bertz CT molecular complexity index is 1450. The molecule has 0 unspecified atom stereocenters. The molecule has 12 heteroatoms. The highest BCUT2D eigenvalue weighted by molar-refractivity contribution is 5.91. The van der Waals surface area contributed by atoms with E-state index in [1.54, 1.807) is 34.6 Å². The van der Waals surface area contributed by atoms with E-state index in [-0.39, 0.29) is 34.6 Å². The number of ether oxygens (including phenoxy) is 1. The fourth-order valence-corrected chi connectivity index (χ4v) is 3.72. The summed E-state index contributed by atoms with van der Waals surface area (Å²) in [6, 6.07) is 5.14. The van der Waals surface area contributed by atoms with E-state index < -0.39 is 41.2 Å². The van der Waals surface area contributed by atoms with E-state index in [9.17, 15) is 14.9 Å². The van der Waals surface area contributed by atoms with Crippen LogP contribution in [0.25, 0.3) is 11.3 Å². The molecule has 0 bridgehead atoms. The Labute approximate surface area is 231 Å². The third-order valence-electron chi connectivity index (χ3n) is 5.51. The fraction of sp³-hybridized carbons (Fsp3) is 0.393. The molecule has 0 atom stereocenters. The van der Waals surface area contributed by atoms with Gasteiger partial charge in [-0.15, -0.1) is 6.58 Å². The molecule has 3 aromatic rings. The maximum atomic E-state index is 15.1. The maximum Gasteiger partial charge on any atom is 0.413 e. The first-order valence-electron chi connectivity index (χ1n) is 12.6. The van der Waals surface area contributed by atoms with Crippen molar-refractivity contribution in [3.63, 3.8) is 0 Å². The first-order valence-corrected chi connectivity index (χ1v) is 12.6. The highest BCUT2D eigenvalue weighted by atomic mass is 19.1. The van der Waals surface area contributed by atoms with Crippen molar-refractivity contribution in [2.45, 2.75) is 72.4 Å². The van der Waals surface area contributed by atoms with Crippen LogP contribution < -0.4 is 10.6 Å². The van der Waals surface area contributed by atoms with Gasteiger partial charge in [0.15, 0.2) is 5.82 Å². The molecule has 0 radical (unpaired) electrons. The SMILES string of the molecule is C=C(C)CCc1cc(NC(=O)Cc2c(F)cc(-c3nn(C(C)C)c(NC(=O)OC(C)(C)C)c3C#N)cc2F)on1. The van der Waals surface area contributed by atoms with Crippen molar-refractivity contribution in [3.05, 3.63) is 58.8 Å². The number of benzene rings is 1. The highest BCUT2D eigenvalue weighted by Crippen LogP contribution is 2.33. The van der Waals surface area contributed by atoms with Crippen LogP contribution in [-0.4, -0.2) is 32.5 Å². The molecule has 0 saturated heterocycles. The molecule has 212 valence electrons. The number of nitriles is 1. The molecule has 2 aromatic heterocycles. The molecule has 1 aromatic carbocycles. The number of aryl methyl sites for hydroxylation is 1. The second-order valence-electron chi connectivity index (χ2n) is 10.6. The lowest BCUT2D eigenvalue weighted by Crippen LogP contribution is -2.28. The van der Waals surface area contributed by atoms with Crippen LogP contribution in [0.1, 0.15) is 70.8 Å². The molecule has 2 N–H and O–H groups in total. The van der Waals surface area contributed by atoms with Crippen molar-refractivity contribution in [2.75, 3.05) is 10.6 Å². The number of rotatable bonds is 9. The summed E-state index contributed by atoms with van der Waals surface area (Å²) >= 11 is 0. The van der Waals surface area contributed by atoms with Crippen molar-refractivity contribution in [2.24, 2.45) is 0 Å². The van der Waals surface area contributed by atoms with Gasteiger partial charge in [-0.1, -0.05) is 10.7 Å². The molecule has 0 aliphatic rings. The van der Waals surface area contributed by atoms with Crippen molar-refractivity contribution in [1.82, 2.24) is 14.9 Å². The third-order valence-corrected chi connectivity index (χ3v) is 5.51. The predicted octanol–water partition coefficient (Wildman–Crippen LogP) is 6.31. The lowest BCUT2D eigenvalue weighted by atomic mass is 10.0. The summed E-state index contributed by atoms with van der Waals surface area (Å²) in [5.74, 6) is -2.63. The van der Waals surface area contributed by atoms with Gasteiger partial charge in [0, 0.05) is 23.2 Å². The molecular weight excluding hydrogens is 522 g/mol. The Balaban J connectivity index is 1.85. The summed E-state index contributed by atoms with van der Waals surface area (Å²) in [5, 5.41) is 23.0. The van der Waals surface area contributed by atoms with Crippen LogP contribution in [0.2, 0.25) is 0 Å². The number of anilines is 2. The molecule has 0 aliphatic heterocycles. The van der Waals surface area contributed by atoms with Crippen LogP contribution in [0.4, 0.5) is 25.3 Å². The number of hydrogen-bond donors (Lipinski definition) is 2. The van der Waals surface area contributed by atoms with Crippen molar-refractivity contribution in [1.29, 1.82) is 5.26 Å². The van der Waals surface area contributed by atoms with Crippen molar-refractivity contribution < 1.29 is 27.6 Å². The van der Waals surface area contributed by atoms with Gasteiger partial charge in [0.05, 0.1) is 12.1 Å². The Morgan fingerprint density at radius 3 is 2.40 bits per heavy atom. The number of aromatic nitrogens is 3. The van der Waals surface area contributed by atoms with Crippen molar-refractivity contribution in [3.8, 4) is 17.3 Å². The van der Waals surface area contributed by atoms with E-state index in [1.165, 1.54) is 10.7 Å². The molecule has 2 amide bonds. The Morgan fingerprint density at radius 1 is 1.20 bits per heavy atom. The van der Waals surface area contributed by atoms with Crippen LogP contribution in [0.5, 0.6) is 0 Å². The van der Waals surface area contributed by atoms with E-state index in [0.29, 0.717) is 18.5 Å². The summed E-state index contributed by atoms with van der Waals surface area (Å²) < 4.78 is 41.9. The zero-order valence-corrected chi connectivity index (χ0v) is 23.3. The number of carbonyl (C=O) groups is 2. The van der Waals surface area contributed by atoms with Gasteiger partial charge in [0.2, 0.25) is 11.8 Å². The first-order chi connectivity index (χ1) is 18.7. The average molecular weight is 555 g/mol. The second-order valence-corrected chi connectivity index (χ2v) is 10.6. The fourth-order valence-electron chi connectivity index (χ4n) is 3.72. The number of nitrogens with zero attached hydrogens (tertiary/aromatic N) is 4. The first kappa shape index (κ1) is 30.0. The number of hydrogen-bond acceptors (Lipinski definition) is 7. The normalized spacial score (nSPS) is 11.3. The van der Waals surface area contributed by atoms with Crippen molar-refractivity contribution >= 4 is 23.7 Å². The Hall–Kier alpha value is -4.53. The van der Waals surface area contributed by atoms with E-state index >= 15 is 8.78 Å². The molecule has 2 heterocycles. The summed E-state index contributed by atoms with van der Waals surface area (Å²) in [6.45, 7) is 14.3. The number of carbonyl (C=O) groups excluding carboxylic acids is 2. The standard InChI is InChI=1S/C28H32F2N6O4/c1-15(2)8-9-18-12-24(40-35-18)32-23(37)13-19-21(29)10-17(11-22(19)30)25-20(14-31)26(36(34-25)16(3)4)33-27(38)39-28(5,6)7/h10-12,16H,1,8-9,13H2,2-7H3,(H,32,37)(H,33,38). The van der Waals surface area contributed by atoms with Crippen LogP contribution >= 0.6 is 0 Å². The number of halogens is 2. The number of amides is 2. The molecule has 0 spiro atoms. The third kappa shape index (κ3) is 7.53. The lowest BCUT2D eigenvalue weighted by molar-refractivity contribution is -0.115. The topological polar surface area (TPSA) is 135 Å². The number of allylic oxidation sites excluding steroid dienone is 1. The minimum Gasteiger partial charge on any atom is -0.444 e. The van der Waals surface area contributed by atoms with Gasteiger partial charge in [-0.05, 0) is 66.5 Å². The van der Waals surface area contributed by atoms with Gasteiger partial charge in [-0.25, -0.2) is 18.3 Å². The summed E-state index contributed by atoms with van der Waals surface area (Å²) in [6.07, 6.45) is -0.155. The zero-order chi connectivity index (χ0) is 29.8. The largest absolute Gasteiger partial charge is 0.444 e. The molecule has 3 rings (SSSR count). The van der Waals surface area contributed by atoms with E-state index in [0.717, 1.165) is 17.7 Å². The summed E-state index contributed by atoms with van der Waals surface area (Å²) in [7, 11) is 0. The molecule has 0 saturated carbocycles. The number of nitrogens with one attached hydrogen (secondary N) is 2. The van der Waals surface area contributed by atoms with Gasteiger partial charge >= 0.3 is 6.09 Å². The second kappa shape index (κ2) is 12.1. The minimum absolute atomic E-state index is 0.0284. The zero-order valence-electron chi connectivity index (χ0n) is 23.3. The molecular formula is C28H32F2N6O4. The van der Waals surface area contributed by atoms with Gasteiger partial charge in [0.25, 0.3) is 0 Å². The summed E-state index contributed by atoms with van der Waals surface area (Å²) in [4.78, 5) is 24.9. The Morgan fingerprint density at radius 2 is 1.85 bits per heavy atom. The van der Waals surface area contributed by atoms with Crippen LogP contribution in [0.15, 0.2) is 34.9 Å². The highest BCUT2D eigenvalue weighted by Gasteiger charge is 2.26. The van der Waals surface area contributed by atoms with E-state index in [2.05, 4.69) is 27.5 Å². The maximum absolute atomic E-state index is 15.1. The smallest absolute Gasteiger partial charge is 0.413 e. The molecule has 0 fully saturated rings. The van der Waals surface area contributed by atoms with Gasteiger partial charge in [-0.3, -0.25) is 15.4 Å². The minimum atomic E-state index is -1.01. The average Bonchev–Trinajstić information content (AvgIpc) is 3.42. The molecule has 10 nitrogen and oxygen atoms in total. The van der Waals surface area contributed by atoms with Crippen LogP contribution in [0, 0.1) is 23.0 Å². The van der Waals surface area contributed by atoms with Crippen LogP contribution in [0.3, 0.4) is 0 Å². The summed E-state index contributed by atoms with van der Waals surface area (Å²) in [5.41, 5.74) is 0.122. The van der Waals surface area contributed by atoms with E-state index in [4.69, 9.17) is 9.26 Å². The predicted molar refractivity (Wildman–Crippen MR) is 145 cm³/mol.